The van der Waals surface area contributed by atoms with Crippen LogP contribution in [-0.2, 0) is 0 Å². The normalized spacial score (nSPS) is 14.9. The number of benzene rings is 1. The van der Waals surface area contributed by atoms with Crippen molar-refractivity contribution in [3.8, 4) is 6.07 Å². The highest BCUT2D eigenvalue weighted by Gasteiger charge is 2.42. The molecule has 0 aromatic heterocycles. The Kier molecular flexibility index (Phi) is 3.69. The van der Waals surface area contributed by atoms with Gasteiger partial charge in [-0.1, -0.05) is 15.9 Å². The van der Waals surface area contributed by atoms with Crippen molar-refractivity contribution in [2.75, 3.05) is 0 Å². The first-order valence-electron chi connectivity index (χ1n) is 6.37. The van der Waals surface area contributed by atoms with Crippen molar-refractivity contribution in [3.05, 3.63) is 33.8 Å². The maximum Gasteiger partial charge on any atom is 0.255 e. The topological polar surface area (TPSA) is 44.1 Å². The number of nitrogens with zero attached hydrogens (tertiary/aromatic N) is 2. The second-order valence-corrected chi connectivity index (χ2v) is 6.51. The molecule has 1 aromatic carbocycles. The molecule has 4 heteroatoms. The zero-order valence-corrected chi connectivity index (χ0v) is 13.0. The fourth-order valence-electron chi connectivity index (χ4n) is 2.26. The van der Waals surface area contributed by atoms with Crippen molar-refractivity contribution in [2.45, 2.75) is 45.2 Å². The Balaban J connectivity index is 2.38. The Labute approximate surface area is 122 Å². The number of aryl methyl sites for hydroxylation is 1. The molecule has 0 aliphatic heterocycles. The van der Waals surface area contributed by atoms with Crippen LogP contribution in [0.15, 0.2) is 22.7 Å². The van der Waals surface area contributed by atoms with Crippen LogP contribution >= 0.6 is 15.9 Å². The molecular weight excluding hydrogens is 304 g/mol. The third-order valence-corrected chi connectivity index (χ3v) is 3.75. The number of carbonyl (C=O) groups excluding carboxylic acids is 1. The molecule has 1 aromatic rings. The van der Waals surface area contributed by atoms with Gasteiger partial charge in [0, 0.05) is 16.1 Å². The van der Waals surface area contributed by atoms with E-state index in [1.54, 1.807) is 18.7 Å². The minimum Gasteiger partial charge on any atom is -0.317 e. The van der Waals surface area contributed by atoms with Crippen LogP contribution in [0.4, 0.5) is 0 Å². The number of nitriles is 1. The van der Waals surface area contributed by atoms with Crippen LogP contribution in [0.25, 0.3) is 0 Å². The first-order valence-corrected chi connectivity index (χ1v) is 7.16. The van der Waals surface area contributed by atoms with Crippen molar-refractivity contribution < 1.29 is 4.79 Å². The van der Waals surface area contributed by atoms with Crippen LogP contribution in [0.3, 0.4) is 0 Å². The lowest BCUT2D eigenvalue weighted by atomic mass is 10.0. The zero-order valence-electron chi connectivity index (χ0n) is 11.4. The molecule has 100 valence electrons. The van der Waals surface area contributed by atoms with Crippen molar-refractivity contribution in [2.24, 2.45) is 0 Å². The van der Waals surface area contributed by atoms with Gasteiger partial charge in [-0.05, 0) is 57.4 Å². The highest BCUT2D eigenvalue weighted by Crippen LogP contribution is 2.34. The Morgan fingerprint density at radius 2 is 2.05 bits per heavy atom. The Bertz CT molecular complexity index is 536. The fourth-order valence-corrected chi connectivity index (χ4v) is 2.87. The van der Waals surface area contributed by atoms with Gasteiger partial charge in [-0.25, -0.2) is 0 Å². The van der Waals surface area contributed by atoms with Crippen molar-refractivity contribution >= 4 is 21.8 Å². The second-order valence-electron chi connectivity index (χ2n) is 5.59. The summed E-state index contributed by atoms with van der Waals surface area (Å²) in [6, 6.07) is 8.10. The van der Waals surface area contributed by atoms with E-state index in [0.29, 0.717) is 5.56 Å². The van der Waals surface area contributed by atoms with Gasteiger partial charge in [0.15, 0.2) is 0 Å². The monoisotopic (exact) mass is 320 g/mol. The van der Waals surface area contributed by atoms with Crippen LogP contribution in [0.1, 0.15) is 42.6 Å². The molecule has 1 saturated carbocycles. The molecule has 1 aliphatic rings. The SMILES string of the molecule is Cc1cc(Br)cc(C(=O)N(C2CC2)C(C)(C)C#N)c1. The lowest BCUT2D eigenvalue weighted by Gasteiger charge is -2.33. The van der Waals surface area contributed by atoms with Crippen molar-refractivity contribution in [3.63, 3.8) is 0 Å². The Morgan fingerprint density at radius 1 is 1.42 bits per heavy atom. The number of halogens is 1. The molecule has 0 spiro atoms. The predicted molar refractivity (Wildman–Crippen MR) is 77.8 cm³/mol. The van der Waals surface area contributed by atoms with E-state index < -0.39 is 5.54 Å². The number of carbonyl (C=O) groups is 1. The van der Waals surface area contributed by atoms with E-state index in [9.17, 15) is 10.1 Å². The third-order valence-electron chi connectivity index (χ3n) is 3.30. The van der Waals surface area contributed by atoms with Gasteiger partial charge in [0.2, 0.25) is 0 Å². The number of amides is 1. The van der Waals surface area contributed by atoms with Crippen LogP contribution in [0.2, 0.25) is 0 Å². The molecule has 0 saturated heterocycles. The van der Waals surface area contributed by atoms with Gasteiger partial charge < -0.3 is 4.90 Å². The highest BCUT2D eigenvalue weighted by molar-refractivity contribution is 9.10. The van der Waals surface area contributed by atoms with Gasteiger partial charge >= 0.3 is 0 Å². The number of hydrogen-bond acceptors (Lipinski definition) is 2. The van der Waals surface area contributed by atoms with Crippen LogP contribution in [0, 0.1) is 18.3 Å². The summed E-state index contributed by atoms with van der Waals surface area (Å²) in [6.07, 6.45) is 1.98. The third kappa shape index (κ3) is 2.98. The van der Waals surface area contributed by atoms with E-state index in [1.807, 2.05) is 25.1 Å². The molecule has 19 heavy (non-hydrogen) atoms. The summed E-state index contributed by atoms with van der Waals surface area (Å²) in [6.45, 7) is 5.56. The minimum absolute atomic E-state index is 0.0570. The van der Waals surface area contributed by atoms with Gasteiger partial charge in [-0.2, -0.15) is 5.26 Å². The van der Waals surface area contributed by atoms with E-state index in [1.165, 1.54) is 0 Å². The molecule has 0 N–H and O–H groups in total. The maximum absolute atomic E-state index is 12.7. The van der Waals surface area contributed by atoms with E-state index in [-0.39, 0.29) is 11.9 Å². The van der Waals surface area contributed by atoms with Crippen LogP contribution < -0.4 is 0 Å². The molecule has 3 nitrogen and oxygen atoms in total. The molecule has 0 bridgehead atoms. The number of rotatable bonds is 3. The summed E-state index contributed by atoms with van der Waals surface area (Å²) >= 11 is 3.41. The van der Waals surface area contributed by atoms with E-state index in [0.717, 1.165) is 22.9 Å². The highest BCUT2D eigenvalue weighted by atomic mass is 79.9. The predicted octanol–water partition coefficient (Wildman–Crippen LogP) is 3.66. The molecule has 0 atom stereocenters. The van der Waals surface area contributed by atoms with E-state index >= 15 is 0 Å². The van der Waals surface area contributed by atoms with Crippen molar-refractivity contribution in [1.29, 1.82) is 5.26 Å². The van der Waals surface area contributed by atoms with E-state index in [4.69, 9.17) is 0 Å². The summed E-state index contributed by atoms with van der Waals surface area (Å²) in [5, 5.41) is 9.29. The van der Waals surface area contributed by atoms with E-state index in [2.05, 4.69) is 22.0 Å². The lowest BCUT2D eigenvalue weighted by molar-refractivity contribution is 0.0615. The molecule has 2 rings (SSSR count). The minimum atomic E-state index is -0.769. The lowest BCUT2D eigenvalue weighted by Crippen LogP contribution is -2.48. The van der Waals surface area contributed by atoms with Gasteiger partial charge in [-0.15, -0.1) is 0 Å². The molecule has 1 fully saturated rings. The molecule has 1 aliphatic carbocycles. The molecule has 0 heterocycles. The largest absolute Gasteiger partial charge is 0.317 e. The van der Waals surface area contributed by atoms with Gasteiger partial charge in [0.25, 0.3) is 5.91 Å². The molecular formula is C15H17BrN2O. The molecule has 0 radical (unpaired) electrons. The first kappa shape index (κ1) is 14.1. The first-order chi connectivity index (χ1) is 8.85. The van der Waals surface area contributed by atoms with Gasteiger partial charge in [0.05, 0.1) is 6.07 Å². The molecule has 0 unspecified atom stereocenters. The van der Waals surface area contributed by atoms with Gasteiger partial charge in [0.1, 0.15) is 5.54 Å². The average Bonchev–Trinajstić information content (AvgIpc) is 3.12. The fraction of sp³-hybridized carbons (Fsp3) is 0.467. The van der Waals surface area contributed by atoms with Crippen LogP contribution in [-0.4, -0.2) is 22.4 Å². The summed E-state index contributed by atoms with van der Waals surface area (Å²) in [5.74, 6) is -0.0570. The summed E-state index contributed by atoms with van der Waals surface area (Å²) in [5.41, 5.74) is 0.902. The number of hydrogen-bond donors (Lipinski definition) is 0. The Hall–Kier alpha value is -1.34. The van der Waals surface area contributed by atoms with Gasteiger partial charge in [-0.3, -0.25) is 4.79 Å². The zero-order chi connectivity index (χ0) is 14.2. The standard InChI is InChI=1S/C15H17BrN2O/c1-10-6-11(8-12(16)7-10)14(19)18(13-4-5-13)15(2,3)9-17/h6-8,13H,4-5H2,1-3H3. The average molecular weight is 321 g/mol. The van der Waals surface area contributed by atoms with Crippen molar-refractivity contribution in [1.82, 2.24) is 4.90 Å². The summed E-state index contributed by atoms with van der Waals surface area (Å²) < 4.78 is 0.890. The second kappa shape index (κ2) is 4.97. The summed E-state index contributed by atoms with van der Waals surface area (Å²) in [4.78, 5) is 14.4. The quantitative estimate of drug-likeness (QED) is 0.853. The Morgan fingerprint density at radius 3 is 2.53 bits per heavy atom. The van der Waals surface area contributed by atoms with Crippen LogP contribution in [0.5, 0.6) is 0 Å². The smallest absolute Gasteiger partial charge is 0.255 e. The maximum atomic E-state index is 12.7. The molecule has 1 amide bonds. The summed E-state index contributed by atoms with van der Waals surface area (Å²) in [7, 11) is 0.